The topological polar surface area (TPSA) is 75.6 Å². The summed E-state index contributed by atoms with van der Waals surface area (Å²) in [6.45, 7) is 0.332. The van der Waals surface area contributed by atoms with E-state index in [4.69, 9.17) is 21.4 Å². The van der Waals surface area contributed by atoms with Crippen molar-refractivity contribution in [2.24, 2.45) is 0 Å². The molecule has 0 aliphatic rings. The molecular formula is C18H18ClNO4. The van der Waals surface area contributed by atoms with Crippen LogP contribution in [0.2, 0.25) is 5.02 Å². The molecule has 0 saturated carbocycles. The standard InChI is InChI=1S/C18H18ClNO4/c19-16-8-6-14(7-9-16)15(10-17(21)22)11-20-18(23)24-12-13-4-2-1-3-5-13/h1-9,15H,10-12H2,(H,20,23)(H,21,22)/t15-/m1/s1. The van der Waals surface area contributed by atoms with Crippen LogP contribution in [-0.2, 0) is 16.1 Å². The molecule has 0 unspecified atom stereocenters. The second-order valence-corrected chi connectivity index (χ2v) is 5.73. The van der Waals surface area contributed by atoms with Gasteiger partial charge in [0.1, 0.15) is 6.61 Å². The van der Waals surface area contributed by atoms with Crippen LogP contribution in [0.4, 0.5) is 4.79 Å². The number of rotatable bonds is 7. The lowest BCUT2D eigenvalue weighted by Gasteiger charge is -2.16. The van der Waals surface area contributed by atoms with Crippen molar-refractivity contribution in [3.05, 3.63) is 70.7 Å². The molecule has 5 nitrogen and oxygen atoms in total. The second kappa shape index (κ2) is 8.93. The van der Waals surface area contributed by atoms with E-state index in [1.165, 1.54) is 0 Å². The van der Waals surface area contributed by atoms with E-state index in [9.17, 15) is 9.59 Å². The van der Waals surface area contributed by atoms with Crippen LogP contribution >= 0.6 is 11.6 Å². The predicted molar refractivity (Wildman–Crippen MR) is 91.1 cm³/mol. The maximum Gasteiger partial charge on any atom is 0.407 e. The van der Waals surface area contributed by atoms with Crippen LogP contribution in [0.5, 0.6) is 0 Å². The van der Waals surface area contributed by atoms with Crippen molar-refractivity contribution in [2.45, 2.75) is 18.9 Å². The summed E-state index contributed by atoms with van der Waals surface area (Å²) in [6.07, 6.45) is -0.677. The highest BCUT2D eigenvalue weighted by molar-refractivity contribution is 6.30. The Hall–Kier alpha value is -2.53. The van der Waals surface area contributed by atoms with Crippen molar-refractivity contribution in [3.8, 4) is 0 Å². The highest BCUT2D eigenvalue weighted by atomic mass is 35.5. The Bertz CT molecular complexity index is 673. The van der Waals surface area contributed by atoms with Crippen LogP contribution in [-0.4, -0.2) is 23.7 Å². The summed E-state index contributed by atoms with van der Waals surface area (Å²) in [5.41, 5.74) is 1.68. The number of carboxylic acid groups (broad SMARTS) is 1. The second-order valence-electron chi connectivity index (χ2n) is 5.29. The van der Waals surface area contributed by atoms with Gasteiger partial charge in [-0.15, -0.1) is 0 Å². The highest BCUT2D eigenvalue weighted by Crippen LogP contribution is 2.21. The van der Waals surface area contributed by atoms with Gasteiger partial charge in [-0.05, 0) is 23.3 Å². The minimum atomic E-state index is -0.936. The Morgan fingerprint density at radius 2 is 1.75 bits per heavy atom. The van der Waals surface area contributed by atoms with Gasteiger partial charge in [0.25, 0.3) is 0 Å². The van der Waals surface area contributed by atoms with Crippen molar-refractivity contribution in [2.75, 3.05) is 6.54 Å². The first kappa shape index (κ1) is 17.8. The summed E-state index contributed by atoms with van der Waals surface area (Å²) in [4.78, 5) is 22.8. The normalized spacial score (nSPS) is 11.5. The molecular weight excluding hydrogens is 330 g/mol. The Morgan fingerprint density at radius 3 is 2.38 bits per heavy atom. The largest absolute Gasteiger partial charge is 0.481 e. The van der Waals surface area contributed by atoms with E-state index >= 15 is 0 Å². The third-order valence-corrected chi connectivity index (χ3v) is 3.72. The summed E-state index contributed by atoms with van der Waals surface area (Å²) >= 11 is 5.84. The summed E-state index contributed by atoms with van der Waals surface area (Å²) in [7, 11) is 0. The molecule has 0 radical (unpaired) electrons. The number of benzene rings is 2. The highest BCUT2D eigenvalue weighted by Gasteiger charge is 2.17. The molecule has 0 heterocycles. The molecule has 1 atom stereocenters. The first-order chi connectivity index (χ1) is 11.5. The Morgan fingerprint density at radius 1 is 1.08 bits per heavy atom. The minimum absolute atomic E-state index is 0.0966. The number of halogens is 1. The van der Waals surface area contributed by atoms with Gasteiger partial charge >= 0.3 is 12.1 Å². The number of carbonyl (C=O) groups excluding carboxylic acids is 1. The fourth-order valence-corrected chi connectivity index (χ4v) is 2.36. The number of hydrogen-bond donors (Lipinski definition) is 2. The van der Waals surface area contributed by atoms with Crippen LogP contribution in [0.3, 0.4) is 0 Å². The van der Waals surface area contributed by atoms with E-state index in [0.29, 0.717) is 5.02 Å². The van der Waals surface area contributed by atoms with Gasteiger partial charge in [-0.25, -0.2) is 4.79 Å². The van der Waals surface area contributed by atoms with Gasteiger partial charge in [-0.3, -0.25) is 4.79 Å². The minimum Gasteiger partial charge on any atom is -0.481 e. The molecule has 0 aliphatic heterocycles. The van der Waals surface area contributed by atoms with Gasteiger partial charge in [0, 0.05) is 17.5 Å². The van der Waals surface area contributed by atoms with Crippen LogP contribution in [0, 0.1) is 0 Å². The van der Waals surface area contributed by atoms with E-state index in [-0.39, 0.29) is 25.5 Å². The van der Waals surface area contributed by atoms with Gasteiger partial charge in [0.2, 0.25) is 0 Å². The smallest absolute Gasteiger partial charge is 0.407 e. The zero-order valence-electron chi connectivity index (χ0n) is 12.9. The maximum atomic E-state index is 11.8. The fourth-order valence-electron chi connectivity index (χ4n) is 2.23. The van der Waals surface area contributed by atoms with E-state index in [0.717, 1.165) is 11.1 Å². The molecule has 0 aromatic heterocycles. The first-order valence-corrected chi connectivity index (χ1v) is 7.84. The molecule has 0 saturated heterocycles. The number of ether oxygens (including phenoxy) is 1. The summed E-state index contributed by atoms with van der Waals surface area (Å²) in [6, 6.07) is 16.2. The number of carbonyl (C=O) groups is 2. The molecule has 2 aromatic rings. The monoisotopic (exact) mass is 347 g/mol. The number of alkyl carbamates (subject to hydrolysis) is 1. The van der Waals surface area contributed by atoms with Crippen LogP contribution < -0.4 is 5.32 Å². The zero-order valence-corrected chi connectivity index (χ0v) is 13.7. The molecule has 1 amide bonds. The Labute approximate surface area is 145 Å². The quantitative estimate of drug-likeness (QED) is 0.798. The van der Waals surface area contributed by atoms with E-state index in [1.807, 2.05) is 30.3 Å². The number of aliphatic carboxylic acids is 1. The Kier molecular flexibility index (Phi) is 6.63. The van der Waals surface area contributed by atoms with Crippen LogP contribution in [0.25, 0.3) is 0 Å². The molecule has 0 spiro atoms. The van der Waals surface area contributed by atoms with Crippen molar-refractivity contribution in [1.29, 1.82) is 0 Å². The number of nitrogens with one attached hydrogen (secondary N) is 1. The number of amides is 1. The number of carboxylic acids is 1. The molecule has 126 valence electrons. The molecule has 0 aliphatic carbocycles. The van der Waals surface area contributed by atoms with Crippen molar-refractivity contribution in [1.82, 2.24) is 5.32 Å². The predicted octanol–water partition coefficient (Wildman–Crippen LogP) is 3.82. The summed E-state index contributed by atoms with van der Waals surface area (Å²) in [5, 5.41) is 12.2. The van der Waals surface area contributed by atoms with Crippen LogP contribution in [0.15, 0.2) is 54.6 Å². The van der Waals surface area contributed by atoms with Crippen LogP contribution in [0.1, 0.15) is 23.5 Å². The molecule has 6 heteroatoms. The molecule has 0 bridgehead atoms. The fraction of sp³-hybridized carbons (Fsp3) is 0.222. The lowest BCUT2D eigenvalue weighted by atomic mass is 9.96. The summed E-state index contributed by atoms with van der Waals surface area (Å²) < 4.78 is 5.12. The third-order valence-electron chi connectivity index (χ3n) is 3.47. The van der Waals surface area contributed by atoms with Crippen molar-refractivity contribution >= 4 is 23.7 Å². The number of hydrogen-bond acceptors (Lipinski definition) is 3. The van der Waals surface area contributed by atoms with E-state index < -0.39 is 12.1 Å². The van der Waals surface area contributed by atoms with Gasteiger partial charge in [-0.2, -0.15) is 0 Å². The van der Waals surface area contributed by atoms with Gasteiger partial charge < -0.3 is 15.2 Å². The third kappa shape index (κ3) is 5.93. The van der Waals surface area contributed by atoms with E-state index in [2.05, 4.69) is 5.32 Å². The van der Waals surface area contributed by atoms with Crippen molar-refractivity contribution < 1.29 is 19.4 Å². The van der Waals surface area contributed by atoms with Gasteiger partial charge in [-0.1, -0.05) is 54.1 Å². The lowest BCUT2D eigenvalue weighted by molar-refractivity contribution is -0.137. The molecule has 24 heavy (non-hydrogen) atoms. The first-order valence-electron chi connectivity index (χ1n) is 7.46. The SMILES string of the molecule is O=C(O)C[C@H](CNC(=O)OCc1ccccc1)c1ccc(Cl)cc1. The molecule has 2 rings (SSSR count). The molecule has 0 fully saturated rings. The maximum absolute atomic E-state index is 11.8. The zero-order chi connectivity index (χ0) is 17.4. The van der Waals surface area contributed by atoms with E-state index in [1.54, 1.807) is 24.3 Å². The average Bonchev–Trinajstić information content (AvgIpc) is 2.58. The Balaban J connectivity index is 1.88. The van der Waals surface area contributed by atoms with Gasteiger partial charge in [0.15, 0.2) is 0 Å². The molecule has 2 N–H and O–H groups in total. The van der Waals surface area contributed by atoms with Gasteiger partial charge in [0.05, 0.1) is 6.42 Å². The average molecular weight is 348 g/mol. The summed E-state index contributed by atoms with van der Waals surface area (Å²) in [5.74, 6) is -1.29. The lowest BCUT2D eigenvalue weighted by Crippen LogP contribution is -2.29. The van der Waals surface area contributed by atoms with Crippen molar-refractivity contribution in [3.63, 3.8) is 0 Å². The molecule has 2 aromatic carbocycles.